The normalized spacial score (nSPS) is 25.2. The molecule has 0 amide bonds. The maximum Gasteiger partial charge on any atom is 0.0547 e. The lowest BCUT2D eigenvalue weighted by molar-refractivity contribution is -0.0399. The van der Waals surface area contributed by atoms with E-state index in [2.05, 4.69) is 132 Å². The Labute approximate surface area is 284 Å². The molecule has 48 heavy (non-hydrogen) atoms. The van der Waals surface area contributed by atoms with E-state index in [1.807, 2.05) is 11.3 Å². The van der Waals surface area contributed by atoms with Gasteiger partial charge in [0.05, 0.1) is 11.0 Å². The summed E-state index contributed by atoms with van der Waals surface area (Å²) in [5.74, 6) is 3.41. The van der Waals surface area contributed by atoms with Gasteiger partial charge in [0.15, 0.2) is 0 Å². The lowest BCUT2D eigenvalue weighted by Crippen LogP contribution is -2.55. The van der Waals surface area contributed by atoms with Crippen molar-refractivity contribution in [2.45, 2.75) is 37.5 Å². The number of para-hydroxylation sites is 1. The van der Waals surface area contributed by atoms with Crippen LogP contribution in [-0.4, -0.2) is 4.57 Å². The molecular formula is C46H35NS. The maximum atomic E-state index is 2.64. The summed E-state index contributed by atoms with van der Waals surface area (Å²) in [4.78, 5) is 0. The molecule has 0 saturated heterocycles. The topological polar surface area (TPSA) is 4.93 Å². The molecule has 8 aromatic rings. The number of fused-ring (bicyclic) bond motifs is 9. The molecule has 0 atom stereocenters. The quantitative estimate of drug-likeness (QED) is 0.178. The molecule has 4 bridgehead atoms. The molecule has 2 heterocycles. The van der Waals surface area contributed by atoms with Gasteiger partial charge < -0.3 is 4.57 Å². The minimum atomic E-state index is 0.162. The number of aromatic nitrogens is 1. The SMILES string of the molecule is c1ccc2c(c1)-c1ccc(-n3c4ccccc4c4c(-c5cccc6sc7ccccc7c56)cccc43)cc1C21C2CC3CC(C2)CC1C3. The van der Waals surface area contributed by atoms with Crippen LogP contribution < -0.4 is 0 Å². The molecule has 2 aromatic heterocycles. The maximum absolute atomic E-state index is 2.64. The van der Waals surface area contributed by atoms with Gasteiger partial charge in [-0.2, -0.15) is 0 Å². The number of thiophene rings is 1. The lowest BCUT2D eigenvalue weighted by Gasteiger charge is -2.61. The Morgan fingerprint density at radius 3 is 1.96 bits per heavy atom. The number of hydrogen-bond acceptors (Lipinski definition) is 1. The molecular weight excluding hydrogens is 599 g/mol. The summed E-state index contributed by atoms with van der Waals surface area (Å²) in [7, 11) is 0. The van der Waals surface area contributed by atoms with Gasteiger partial charge in [0.25, 0.3) is 0 Å². The van der Waals surface area contributed by atoms with Crippen LogP contribution in [0.3, 0.4) is 0 Å². The number of rotatable bonds is 2. The van der Waals surface area contributed by atoms with Gasteiger partial charge in [-0.3, -0.25) is 0 Å². The summed E-state index contributed by atoms with van der Waals surface area (Å²) in [6.45, 7) is 0. The van der Waals surface area contributed by atoms with Gasteiger partial charge in [0.1, 0.15) is 0 Å². The van der Waals surface area contributed by atoms with Crippen LogP contribution in [-0.2, 0) is 5.41 Å². The van der Waals surface area contributed by atoms with Crippen molar-refractivity contribution < 1.29 is 0 Å². The summed E-state index contributed by atoms with van der Waals surface area (Å²) in [5, 5.41) is 5.41. The fourth-order valence-corrected chi connectivity index (χ4v) is 12.9. The monoisotopic (exact) mass is 633 g/mol. The first kappa shape index (κ1) is 26.3. The molecule has 0 aliphatic heterocycles. The Morgan fingerprint density at radius 1 is 0.479 bits per heavy atom. The van der Waals surface area contributed by atoms with Gasteiger partial charge in [-0.25, -0.2) is 0 Å². The highest BCUT2D eigenvalue weighted by Gasteiger charge is 2.61. The molecule has 0 unspecified atom stereocenters. The van der Waals surface area contributed by atoms with Gasteiger partial charge in [0, 0.05) is 42.0 Å². The number of benzene rings is 6. The van der Waals surface area contributed by atoms with Crippen molar-refractivity contribution in [1.82, 2.24) is 4.57 Å². The van der Waals surface area contributed by atoms with E-state index in [4.69, 9.17) is 0 Å². The van der Waals surface area contributed by atoms with E-state index in [1.165, 1.54) is 102 Å². The highest BCUT2D eigenvalue weighted by atomic mass is 32.1. The minimum Gasteiger partial charge on any atom is -0.309 e. The highest BCUT2D eigenvalue weighted by molar-refractivity contribution is 7.25. The Hall–Kier alpha value is -4.66. The van der Waals surface area contributed by atoms with Crippen LogP contribution in [0.5, 0.6) is 0 Å². The molecule has 6 aromatic carbocycles. The lowest BCUT2D eigenvalue weighted by atomic mass is 9.43. The van der Waals surface area contributed by atoms with Crippen LogP contribution in [0.1, 0.15) is 43.2 Å². The average molecular weight is 634 g/mol. The molecule has 4 saturated carbocycles. The van der Waals surface area contributed by atoms with E-state index >= 15 is 0 Å². The van der Waals surface area contributed by atoms with E-state index in [9.17, 15) is 0 Å². The summed E-state index contributed by atoms with van der Waals surface area (Å²) in [6.07, 6.45) is 7.12. The average Bonchev–Trinajstić information content (AvgIpc) is 3.77. The van der Waals surface area contributed by atoms with Gasteiger partial charge in [0.2, 0.25) is 0 Å². The van der Waals surface area contributed by atoms with E-state index in [-0.39, 0.29) is 5.41 Å². The third-order valence-electron chi connectivity index (χ3n) is 13.2. The standard InChI is InChI=1S/C46H35NS/c1-4-14-38-32(9-1)33-20-19-31(26-39(33)46(38)29-22-27-21-28(24-29)25-30(46)23-27)47-40-15-5-2-10-36(40)44-34(12-7-16-41(44)47)35-13-8-18-43-45(35)37-11-3-6-17-42(37)48-43/h1-20,26-30H,21-25H2. The molecule has 2 heteroatoms. The Kier molecular flexibility index (Phi) is 5.08. The van der Waals surface area contributed by atoms with E-state index < -0.39 is 0 Å². The zero-order valence-corrected chi connectivity index (χ0v) is 27.6. The molecule has 0 N–H and O–H groups in total. The van der Waals surface area contributed by atoms with Crippen molar-refractivity contribution in [2.24, 2.45) is 23.7 Å². The molecule has 13 rings (SSSR count). The third kappa shape index (κ3) is 3.18. The van der Waals surface area contributed by atoms with E-state index in [0.717, 1.165) is 23.7 Å². The third-order valence-corrected chi connectivity index (χ3v) is 14.3. The van der Waals surface area contributed by atoms with Crippen LogP contribution >= 0.6 is 11.3 Å². The van der Waals surface area contributed by atoms with Crippen LogP contribution in [0, 0.1) is 23.7 Å². The van der Waals surface area contributed by atoms with Crippen molar-refractivity contribution >= 4 is 53.3 Å². The molecule has 0 radical (unpaired) electrons. The second kappa shape index (κ2) is 9.27. The number of nitrogens with zero attached hydrogens (tertiary/aromatic N) is 1. The first-order chi connectivity index (χ1) is 23.8. The zero-order valence-electron chi connectivity index (χ0n) is 26.8. The smallest absolute Gasteiger partial charge is 0.0547 e. The van der Waals surface area contributed by atoms with Crippen molar-refractivity contribution in [3.63, 3.8) is 0 Å². The van der Waals surface area contributed by atoms with Gasteiger partial charge >= 0.3 is 0 Å². The second-order valence-corrected chi connectivity index (χ2v) is 16.4. The van der Waals surface area contributed by atoms with Crippen LogP contribution in [0.4, 0.5) is 0 Å². The van der Waals surface area contributed by atoms with Crippen molar-refractivity contribution in [1.29, 1.82) is 0 Å². The first-order valence-corrected chi connectivity index (χ1v) is 18.8. The first-order valence-electron chi connectivity index (χ1n) is 17.9. The fourth-order valence-electron chi connectivity index (χ4n) is 11.8. The molecule has 1 spiro atoms. The molecule has 5 aliphatic carbocycles. The van der Waals surface area contributed by atoms with Gasteiger partial charge in [-0.15, -0.1) is 11.3 Å². The molecule has 1 nitrogen and oxygen atoms in total. The molecule has 5 aliphatic rings. The van der Waals surface area contributed by atoms with Crippen LogP contribution in [0.15, 0.2) is 127 Å². The summed E-state index contributed by atoms with van der Waals surface area (Å²) >= 11 is 1.90. The predicted octanol–water partition coefficient (Wildman–Crippen LogP) is 12.5. The molecule has 230 valence electrons. The van der Waals surface area contributed by atoms with Crippen molar-refractivity contribution in [3.8, 4) is 27.9 Å². The Balaban J connectivity index is 1.13. The second-order valence-electron chi connectivity index (χ2n) is 15.3. The fraction of sp³-hybridized carbons (Fsp3) is 0.217. The van der Waals surface area contributed by atoms with E-state index in [0.29, 0.717) is 0 Å². The summed E-state index contributed by atoms with van der Waals surface area (Å²) < 4.78 is 5.29. The summed E-state index contributed by atoms with van der Waals surface area (Å²) in [6, 6.07) is 48.9. The predicted molar refractivity (Wildman–Crippen MR) is 202 cm³/mol. The van der Waals surface area contributed by atoms with Crippen molar-refractivity contribution in [2.75, 3.05) is 0 Å². The highest BCUT2D eigenvalue weighted by Crippen LogP contribution is 2.69. The largest absolute Gasteiger partial charge is 0.309 e. The Morgan fingerprint density at radius 2 is 1.10 bits per heavy atom. The zero-order chi connectivity index (χ0) is 31.1. The van der Waals surface area contributed by atoms with Crippen LogP contribution in [0.25, 0.3) is 69.9 Å². The summed E-state index contributed by atoms with van der Waals surface area (Å²) in [5.41, 5.74) is 12.9. The minimum absolute atomic E-state index is 0.162. The van der Waals surface area contributed by atoms with Crippen molar-refractivity contribution in [3.05, 3.63) is 139 Å². The number of hydrogen-bond donors (Lipinski definition) is 0. The van der Waals surface area contributed by atoms with E-state index in [1.54, 1.807) is 11.1 Å². The van der Waals surface area contributed by atoms with Gasteiger partial charge in [-0.05, 0) is 126 Å². The molecule has 4 fully saturated rings. The van der Waals surface area contributed by atoms with Gasteiger partial charge in [-0.1, -0.05) is 91.0 Å². The Bertz CT molecular complexity index is 2620. The van der Waals surface area contributed by atoms with Crippen LogP contribution in [0.2, 0.25) is 0 Å².